The Balaban J connectivity index is 1.73. The van der Waals surface area contributed by atoms with Gasteiger partial charge in [-0.3, -0.25) is 4.79 Å². The molecule has 1 aliphatic carbocycles. The van der Waals surface area contributed by atoms with Crippen LogP contribution in [0.15, 0.2) is 30.3 Å². The lowest BCUT2D eigenvalue weighted by molar-refractivity contribution is -0.166. The van der Waals surface area contributed by atoms with Crippen LogP contribution in [0.5, 0.6) is 0 Å². The Morgan fingerprint density at radius 1 is 1.21 bits per heavy atom. The largest absolute Gasteiger partial charge is 0.386 e. The van der Waals surface area contributed by atoms with Crippen molar-refractivity contribution in [3.05, 3.63) is 35.9 Å². The molecule has 1 aromatic rings. The molecule has 0 unspecified atom stereocenters. The van der Waals surface area contributed by atoms with Gasteiger partial charge in [0.2, 0.25) is 5.91 Å². The molecule has 1 amide bonds. The van der Waals surface area contributed by atoms with E-state index in [1.165, 1.54) is 0 Å². The zero-order valence-electron chi connectivity index (χ0n) is 11.6. The fraction of sp³-hybridized carbons (Fsp3) is 0.562. The number of aliphatic hydroxyl groups is 1. The Kier molecular flexibility index (Phi) is 2.72. The monoisotopic (exact) mass is 259 g/mol. The standard InChI is InChI=1S/C16H21NO2/c1-12(2)16(19)10-17(11-16)14(18)15(8-9-15)13-6-4-3-5-7-13/h3-7,12,19H,8-11H2,1-2H3. The van der Waals surface area contributed by atoms with Crippen LogP contribution in [0.1, 0.15) is 32.3 Å². The van der Waals surface area contributed by atoms with Crippen LogP contribution in [0.25, 0.3) is 0 Å². The van der Waals surface area contributed by atoms with Crippen LogP contribution >= 0.6 is 0 Å². The Morgan fingerprint density at radius 3 is 2.26 bits per heavy atom. The molecule has 2 aliphatic rings. The smallest absolute Gasteiger partial charge is 0.233 e. The summed E-state index contributed by atoms with van der Waals surface area (Å²) in [5, 5.41) is 10.3. The van der Waals surface area contributed by atoms with Gasteiger partial charge in [0.25, 0.3) is 0 Å². The molecule has 0 aromatic heterocycles. The number of hydrogen-bond acceptors (Lipinski definition) is 2. The Hall–Kier alpha value is -1.35. The van der Waals surface area contributed by atoms with E-state index in [2.05, 4.69) is 0 Å². The lowest BCUT2D eigenvalue weighted by atomic mass is 9.81. The van der Waals surface area contributed by atoms with Gasteiger partial charge in [-0.05, 0) is 24.3 Å². The van der Waals surface area contributed by atoms with E-state index in [1.807, 2.05) is 49.1 Å². The molecule has 0 spiro atoms. The number of carbonyl (C=O) groups is 1. The third kappa shape index (κ3) is 1.88. The predicted octanol–water partition coefficient (Wildman–Crippen LogP) is 1.95. The van der Waals surface area contributed by atoms with Crippen molar-refractivity contribution in [3.8, 4) is 0 Å². The van der Waals surface area contributed by atoms with Crippen LogP contribution < -0.4 is 0 Å². The molecule has 0 radical (unpaired) electrons. The maximum absolute atomic E-state index is 12.6. The first-order chi connectivity index (χ1) is 8.98. The Labute approximate surface area is 114 Å². The highest BCUT2D eigenvalue weighted by atomic mass is 16.3. The molecule has 3 heteroatoms. The molecule has 1 saturated carbocycles. The number of amides is 1. The minimum atomic E-state index is -0.678. The van der Waals surface area contributed by atoms with Crippen molar-refractivity contribution < 1.29 is 9.90 Å². The molecule has 1 saturated heterocycles. The van der Waals surface area contributed by atoms with Crippen LogP contribution in [0.2, 0.25) is 0 Å². The predicted molar refractivity (Wildman–Crippen MR) is 73.7 cm³/mol. The second-order valence-corrected chi connectivity index (χ2v) is 6.37. The topological polar surface area (TPSA) is 40.5 Å². The van der Waals surface area contributed by atoms with Gasteiger partial charge in [0.15, 0.2) is 0 Å². The quantitative estimate of drug-likeness (QED) is 0.901. The van der Waals surface area contributed by atoms with Gasteiger partial charge in [-0.1, -0.05) is 44.2 Å². The van der Waals surface area contributed by atoms with Crippen LogP contribution in [0.3, 0.4) is 0 Å². The molecule has 1 aromatic carbocycles. The average molecular weight is 259 g/mol. The zero-order valence-corrected chi connectivity index (χ0v) is 11.6. The summed E-state index contributed by atoms with van der Waals surface area (Å²) in [5.74, 6) is 0.396. The molecule has 1 aliphatic heterocycles. The lowest BCUT2D eigenvalue weighted by Crippen LogP contribution is -2.67. The van der Waals surface area contributed by atoms with E-state index in [1.54, 1.807) is 0 Å². The van der Waals surface area contributed by atoms with Crippen molar-refractivity contribution in [3.63, 3.8) is 0 Å². The molecule has 0 atom stereocenters. The minimum Gasteiger partial charge on any atom is -0.386 e. The fourth-order valence-electron chi connectivity index (χ4n) is 2.93. The van der Waals surface area contributed by atoms with E-state index < -0.39 is 5.60 Å². The van der Waals surface area contributed by atoms with E-state index in [4.69, 9.17) is 0 Å². The van der Waals surface area contributed by atoms with E-state index >= 15 is 0 Å². The van der Waals surface area contributed by atoms with Crippen molar-refractivity contribution in [1.82, 2.24) is 4.90 Å². The third-order valence-corrected chi connectivity index (χ3v) is 4.78. The third-order valence-electron chi connectivity index (χ3n) is 4.78. The first-order valence-electron chi connectivity index (χ1n) is 7.05. The van der Waals surface area contributed by atoms with Crippen LogP contribution in [-0.2, 0) is 10.2 Å². The molecular weight excluding hydrogens is 238 g/mol. The fourth-order valence-corrected chi connectivity index (χ4v) is 2.93. The number of rotatable bonds is 3. The van der Waals surface area contributed by atoms with E-state index in [0.29, 0.717) is 13.1 Å². The minimum absolute atomic E-state index is 0.198. The summed E-state index contributed by atoms with van der Waals surface area (Å²) in [5.41, 5.74) is 0.155. The first kappa shape index (κ1) is 12.7. The number of nitrogens with zero attached hydrogens (tertiary/aromatic N) is 1. The van der Waals surface area contributed by atoms with Crippen LogP contribution in [0.4, 0.5) is 0 Å². The van der Waals surface area contributed by atoms with Crippen molar-refractivity contribution >= 4 is 5.91 Å². The lowest BCUT2D eigenvalue weighted by Gasteiger charge is -2.50. The molecule has 102 valence electrons. The molecule has 0 bridgehead atoms. The summed E-state index contributed by atoms with van der Waals surface area (Å²) in [4.78, 5) is 14.5. The van der Waals surface area contributed by atoms with E-state index in [0.717, 1.165) is 18.4 Å². The molecular formula is C16H21NO2. The maximum Gasteiger partial charge on any atom is 0.233 e. The van der Waals surface area contributed by atoms with Gasteiger partial charge in [0.1, 0.15) is 5.60 Å². The van der Waals surface area contributed by atoms with Crippen molar-refractivity contribution in [2.24, 2.45) is 5.92 Å². The van der Waals surface area contributed by atoms with Gasteiger partial charge in [-0.25, -0.2) is 0 Å². The molecule has 3 nitrogen and oxygen atoms in total. The zero-order chi connectivity index (χ0) is 13.7. The molecule has 1 heterocycles. The summed E-state index contributed by atoms with van der Waals surface area (Å²) in [6.45, 7) is 4.98. The second-order valence-electron chi connectivity index (χ2n) is 6.37. The summed E-state index contributed by atoms with van der Waals surface area (Å²) in [7, 11) is 0. The molecule has 19 heavy (non-hydrogen) atoms. The summed E-state index contributed by atoms with van der Waals surface area (Å²) >= 11 is 0. The van der Waals surface area contributed by atoms with Gasteiger partial charge in [0.05, 0.1) is 18.5 Å². The Morgan fingerprint density at radius 2 is 1.79 bits per heavy atom. The van der Waals surface area contributed by atoms with Gasteiger partial charge in [-0.15, -0.1) is 0 Å². The van der Waals surface area contributed by atoms with Gasteiger partial charge >= 0.3 is 0 Å². The summed E-state index contributed by atoms with van der Waals surface area (Å²) in [6.07, 6.45) is 1.87. The van der Waals surface area contributed by atoms with Crippen molar-refractivity contribution in [2.75, 3.05) is 13.1 Å². The number of likely N-dealkylation sites (tertiary alicyclic amines) is 1. The second kappa shape index (κ2) is 4.07. The van der Waals surface area contributed by atoms with Crippen LogP contribution in [0, 0.1) is 5.92 Å². The van der Waals surface area contributed by atoms with Crippen molar-refractivity contribution in [2.45, 2.75) is 37.7 Å². The summed E-state index contributed by atoms with van der Waals surface area (Å²) < 4.78 is 0. The first-order valence-corrected chi connectivity index (χ1v) is 7.05. The number of hydrogen-bond donors (Lipinski definition) is 1. The number of carbonyl (C=O) groups excluding carboxylic acids is 1. The number of benzene rings is 1. The Bertz CT molecular complexity index is 485. The highest BCUT2D eigenvalue weighted by molar-refractivity contribution is 5.92. The molecule has 2 fully saturated rings. The molecule has 3 rings (SSSR count). The number of β-amino-alcohol motifs (C(OH)–C–C–N with tert-alkyl or cyclic N) is 1. The highest BCUT2D eigenvalue weighted by Gasteiger charge is 2.57. The van der Waals surface area contributed by atoms with E-state index in [9.17, 15) is 9.90 Å². The van der Waals surface area contributed by atoms with Gasteiger partial charge in [0, 0.05) is 0 Å². The maximum atomic E-state index is 12.6. The highest BCUT2D eigenvalue weighted by Crippen LogP contribution is 2.50. The van der Waals surface area contributed by atoms with Gasteiger partial charge < -0.3 is 10.0 Å². The van der Waals surface area contributed by atoms with Gasteiger partial charge in [-0.2, -0.15) is 0 Å². The summed E-state index contributed by atoms with van der Waals surface area (Å²) in [6, 6.07) is 10.0. The van der Waals surface area contributed by atoms with E-state index in [-0.39, 0.29) is 17.2 Å². The van der Waals surface area contributed by atoms with Crippen molar-refractivity contribution in [1.29, 1.82) is 0 Å². The SMILES string of the molecule is CC(C)C1(O)CN(C(=O)C2(c3ccccc3)CC2)C1. The normalized spacial score (nSPS) is 23.1. The molecule has 1 N–H and O–H groups in total. The van der Waals surface area contributed by atoms with Crippen LogP contribution in [-0.4, -0.2) is 34.6 Å². The average Bonchev–Trinajstić information content (AvgIpc) is 3.16.